The number of hydrogen-bond donors (Lipinski definition) is 0. The van der Waals surface area contributed by atoms with Crippen molar-refractivity contribution in [2.24, 2.45) is 0 Å². The van der Waals surface area contributed by atoms with Gasteiger partial charge in [-0.2, -0.15) is 0 Å². The molecule has 0 saturated carbocycles. The first kappa shape index (κ1) is 5.12. The summed E-state index contributed by atoms with van der Waals surface area (Å²) in [6.45, 7) is 3.54. The van der Waals surface area contributed by atoms with Crippen molar-refractivity contribution in [3.05, 3.63) is 0 Å². The molecule has 6 heavy (non-hydrogen) atoms. The molecule has 0 aromatic carbocycles. The van der Waals surface area contributed by atoms with Gasteiger partial charge in [-0.1, -0.05) is 11.8 Å². The van der Waals surface area contributed by atoms with Gasteiger partial charge in [0.1, 0.15) is 0 Å². The Morgan fingerprint density at radius 1 is 1.00 bits per heavy atom. The van der Waals surface area contributed by atoms with E-state index in [1.54, 1.807) is 13.8 Å². The summed E-state index contributed by atoms with van der Waals surface area (Å²) in [6.07, 6.45) is 0. The molecular formula is C6H8. The lowest BCUT2D eigenvalue weighted by Gasteiger charge is -1.48. The van der Waals surface area contributed by atoms with Crippen LogP contribution in [-0.2, 0) is 0 Å². The summed E-state index contributed by atoms with van der Waals surface area (Å²) in [6, 6.07) is 0. The molecule has 0 saturated heterocycles. The van der Waals surface area contributed by atoms with E-state index in [1.807, 2.05) is 0 Å². The monoisotopic (exact) mass is 80.1 g/mol. The molecule has 0 rings (SSSR count). The zero-order chi connectivity index (χ0) is 4.83. The van der Waals surface area contributed by atoms with Gasteiger partial charge in [0.15, 0.2) is 0 Å². The van der Waals surface area contributed by atoms with Crippen LogP contribution in [0.4, 0.5) is 0 Å². The lowest BCUT2D eigenvalue weighted by atomic mass is 10.6. The predicted molar refractivity (Wildman–Crippen MR) is 29.0 cm³/mol. The highest BCUT2D eigenvalue weighted by Crippen LogP contribution is 1.47. The van der Waals surface area contributed by atoms with E-state index in [2.05, 4.69) is 23.7 Å². The first-order valence-electron chi connectivity index (χ1n) is 1.75. The fourth-order valence-electron chi connectivity index (χ4n) is 0.125. The Morgan fingerprint density at radius 2 is 1.33 bits per heavy atom. The summed E-state index contributed by atoms with van der Waals surface area (Å²) < 4.78 is 0. The van der Waals surface area contributed by atoms with Gasteiger partial charge in [0.25, 0.3) is 0 Å². The van der Waals surface area contributed by atoms with Gasteiger partial charge in [0, 0.05) is 1.43 Å². The largest absolute Gasteiger partial charge is 0.0925 e. The Labute approximate surface area is 40.0 Å². The molecule has 0 aliphatic rings. The second-order valence-corrected chi connectivity index (χ2v) is 0.750. The maximum absolute atomic E-state index is 2.64. The van der Waals surface area contributed by atoms with Crippen molar-refractivity contribution in [2.45, 2.75) is 13.8 Å². The van der Waals surface area contributed by atoms with Crippen molar-refractivity contribution < 1.29 is 1.43 Å². The maximum Gasteiger partial charge on any atom is 0 e. The SMILES string of the molecule is CC#CC#CC.[HH]. The van der Waals surface area contributed by atoms with Crippen LogP contribution < -0.4 is 0 Å². The standard InChI is InChI=1S/C6H6.H2/c1-3-5-6-4-2;/h1-2H3;1H. The fourth-order valence-corrected chi connectivity index (χ4v) is 0.125. The molecule has 32 valence electrons. The first-order valence-corrected chi connectivity index (χ1v) is 1.75. The minimum Gasteiger partial charge on any atom is -0.0925 e. The highest BCUT2D eigenvalue weighted by Gasteiger charge is 1.41. The molecule has 0 aromatic heterocycles. The minimum absolute atomic E-state index is 0. The molecule has 0 heterocycles. The van der Waals surface area contributed by atoms with Crippen LogP contribution in [0, 0.1) is 23.7 Å². The normalized spacial score (nSPS) is 3.67. The fraction of sp³-hybridized carbons (Fsp3) is 0.333. The molecule has 0 atom stereocenters. The van der Waals surface area contributed by atoms with Crippen LogP contribution in [0.2, 0.25) is 0 Å². The third-order valence-electron chi connectivity index (χ3n) is 0.312. The van der Waals surface area contributed by atoms with Gasteiger partial charge in [-0.3, -0.25) is 0 Å². The highest BCUT2D eigenvalue weighted by molar-refractivity contribution is 5.23. The van der Waals surface area contributed by atoms with Gasteiger partial charge in [0.2, 0.25) is 0 Å². The van der Waals surface area contributed by atoms with E-state index in [0.717, 1.165) is 0 Å². The van der Waals surface area contributed by atoms with Crippen LogP contribution >= 0.6 is 0 Å². The zero-order valence-electron chi connectivity index (χ0n) is 4.00. The average molecular weight is 80.1 g/mol. The van der Waals surface area contributed by atoms with Gasteiger partial charge in [-0.15, -0.1) is 0 Å². The molecule has 0 aliphatic carbocycles. The van der Waals surface area contributed by atoms with Crippen LogP contribution in [0.5, 0.6) is 0 Å². The van der Waals surface area contributed by atoms with E-state index in [-0.39, 0.29) is 1.43 Å². The number of hydrogen-bond acceptors (Lipinski definition) is 0. The van der Waals surface area contributed by atoms with Gasteiger partial charge < -0.3 is 0 Å². The third-order valence-corrected chi connectivity index (χ3v) is 0.312. The highest BCUT2D eigenvalue weighted by atomic mass is 13.5. The number of rotatable bonds is 0. The summed E-state index contributed by atoms with van der Waals surface area (Å²) in [7, 11) is 0. The van der Waals surface area contributed by atoms with E-state index in [1.165, 1.54) is 0 Å². The van der Waals surface area contributed by atoms with Crippen molar-refractivity contribution in [1.29, 1.82) is 0 Å². The molecule has 0 amide bonds. The zero-order valence-corrected chi connectivity index (χ0v) is 4.00. The topological polar surface area (TPSA) is 0 Å². The molecule has 0 nitrogen and oxygen atoms in total. The molecule has 0 fully saturated rings. The van der Waals surface area contributed by atoms with E-state index in [9.17, 15) is 0 Å². The Hall–Kier alpha value is -0.880. The molecule has 0 spiro atoms. The van der Waals surface area contributed by atoms with E-state index in [4.69, 9.17) is 0 Å². The molecule has 0 heteroatoms. The van der Waals surface area contributed by atoms with Crippen molar-refractivity contribution >= 4 is 0 Å². The molecule has 0 aromatic rings. The molecule has 0 aliphatic heterocycles. The van der Waals surface area contributed by atoms with Crippen molar-refractivity contribution in [1.82, 2.24) is 0 Å². The molecule has 0 unspecified atom stereocenters. The van der Waals surface area contributed by atoms with Crippen molar-refractivity contribution in [2.75, 3.05) is 0 Å². The summed E-state index contributed by atoms with van der Waals surface area (Å²) in [4.78, 5) is 0. The smallest absolute Gasteiger partial charge is 0 e. The van der Waals surface area contributed by atoms with E-state index < -0.39 is 0 Å². The van der Waals surface area contributed by atoms with Crippen LogP contribution in [-0.4, -0.2) is 0 Å². The second kappa shape index (κ2) is 4.12. The quantitative estimate of drug-likeness (QED) is 0.384. The molecule has 0 radical (unpaired) electrons. The Balaban J connectivity index is 0. The lowest BCUT2D eigenvalue weighted by Crippen LogP contribution is -1.42. The first-order chi connectivity index (χ1) is 2.91. The van der Waals surface area contributed by atoms with E-state index in [0.29, 0.717) is 0 Å². The van der Waals surface area contributed by atoms with Gasteiger partial charge in [0.05, 0.1) is 0 Å². The average Bonchev–Trinajstić information content (AvgIpc) is 1.61. The Bertz CT molecular complexity index is 108. The minimum atomic E-state index is 0. The third kappa shape index (κ3) is 3.12. The van der Waals surface area contributed by atoms with Crippen LogP contribution in [0.1, 0.15) is 15.3 Å². The second-order valence-electron chi connectivity index (χ2n) is 0.750. The molecule has 0 bridgehead atoms. The Kier molecular flexibility index (Phi) is 3.52. The lowest BCUT2D eigenvalue weighted by molar-refractivity contribution is 1.90. The Morgan fingerprint density at radius 3 is 1.50 bits per heavy atom. The van der Waals surface area contributed by atoms with Crippen LogP contribution in [0.15, 0.2) is 0 Å². The summed E-state index contributed by atoms with van der Waals surface area (Å²) in [5.74, 6) is 10.5. The molecule has 0 N–H and O–H groups in total. The summed E-state index contributed by atoms with van der Waals surface area (Å²) in [5.41, 5.74) is 0. The van der Waals surface area contributed by atoms with Gasteiger partial charge in [-0.25, -0.2) is 0 Å². The van der Waals surface area contributed by atoms with Crippen molar-refractivity contribution in [3.63, 3.8) is 0 Å². The van der Waals surface area contributed by atoms with Crippen molar-refractivity contribution in [3.8, 4) is 23.7 Å². The van der Waals surface area contributed by atoms with E-state index >= 15 is 0 Å². The van der Waals surface area contributed by atoms with Gasteiger partial charge in [-0.05, 0) is 25.7 Å². The predicted octanol–water partition coefficient (Wildman–Crippen LogP) is 1.28. The van der Waals surface area contributed by atoms with Crippen LogP contribution in [0.3, 0.4) is 0 Å². The van der Waals surface area contributed by atoms with Crippen LogP contribution in [0.25, 0.3) is 0 Å². The maximum atomic E-state index is 2.64. The summed E-state index contributed by atoms with van der Waals surface area (Å²) in [5, 5.41) is 0. The summed E-state index contributed by atoms with van der Waals surface area (Å²) >= 11 is 0. The molecular weight excluding hydrogens is 72.1 g/mol. The van der Waals surface area contributed by atoms with Gasteiger partial charge >= 0.3 is 0 Å².